The van der Waals surface area contributed by atoms with Crippen LogP contribution in [0.5, 0.6) is 0 Å². The van der Waals surface area contributed by atoms with Gasteiger partial charge in [0.1, 0.15) is 0 Å². The van der Waals surface area contributed by atoms with Gasteiger partial charge in [0.2, 0.25) is 0 Å². The smallest absolute Gasteiger partial charge is 0.157 e. The SMILES string of the molecule is CCN(CCOC1CCCCO1)c1ccc(Br)cc1. The summed E-state index contributed by atoms with van der Waals surface area (Å²) in [6.07, 6.45) is 3.43. The normalized spacial score (nSPS) is 19.4. The predicted molar refractivity (Wildman–Crippen MR) is 81.6 cm³/mol. The van der Waals surface area contributed by atoms with E-state index in [1.54, 1.807) is 0 Å². The molecule has 0 N–H and O–H groups in total. The second-order valence-electron chi connectivity index (χ2n) is 4.72. The van der Waals surface area contributed by atoms with Crippen molar-refractivity contribution in [1.29, 1.82) is 0 Å². The van der Waals surface area contributed by atoms with Crippen molar-refractivity contribution in [1.82, 2.24) is 0 Å². The zero-order chi connectivity index (χ0) is 13.5. The molecular formula is C15H22BrNO2. The summed E-state index contributed by atoms with van der Waals surface area (Å²) in [4.78, 5) is 2.31. The first-order valence-corrected chi connectivity index (χ1v) is 7.82. The maximum absolute atomic E-state index is 5.79. The number of nitrogens with zero attached hydrogens (tertiary/aromatic N) is 1. The second-order valence-corrected chi connectivity index (χ2v) is 5.64. The van der Waals surface area contributed by atoms with Crippen LogP contribution in [0.25, 0.3) is 0 Å². The minimum atomic E-state index is 0.0115. The van der Waals surface area contributed by atoms with Crippen LogP contribution in [-0.4, -0.2) is 32.6 Å². The van der Waals surface area contributed by atoms with Crippen LogP contribution in [0.15, 0.2) is 28.7 Å². The first-order chi connectivity index (χ1) is 9.29. The number of halogens is 1. The van der Waals surface area contributed by atoms with Gasteiger partial charge in [-0.25, -0.2) is 0 Å². The van der Waals surface area contributed by atoms with Crippen LogP contribution in [0, 0.1) is 0 Å². The summed E-state index contributed by atoms with van der Waals surface area (Å²) in [6, 6.07) is 8.40. The average Bonchev–Trinajstić information content (AvgIpc) is 2.46. The van der Waals surface area contributed by atoms with Gasteiger partial charge in [0.05, 0.1) is 6.61 Å². The van der Waals surface area contributed by atoms with Crippen LogP contribution in [0.4, 0.5) is 5.69 Å². The van der Waals surface area contributed by atoms with Crippen LogP contribution in [0.2, 0.25) is 0 Å². The van der Waals surface area contributed by atoms with Gasteiger partial charge in [0.25, 0.3) is 0 Å². The number of ether oxygens (including phenoxy) is 2. The lowest BCUT2D eigenvalue weighted by Gasteiger charge is -2.26. The fourth-order valence-corrected chi connectivity index (χ4v) is 2.52. The van der Waals surface area contributed by atoms with Crippen LogP contribution in [0.1, 0.15) is 26.2 Å². The summed E-state index contributed by atoms with van der Waals surface area (Å²) in [5.41, 5.74) is 1.24. The minimum absolute atomic E-state index is 0.0115. The molecule has 3 nitrogen and oxygen atoms in total. The Morgan fingerprint density at radius 3 is 2.74 bits per heavy atom. The van der Waals surface area contributed by atoms with E-state index in [0.717, 1.165) is 30.6 Å². The van der Waals surface area contributed by atoms with Gasteiger partial charge in [-0.05, 0) is 50.5 Å². The Kier molecular flexibility index (Phi) is 6.14. The summed E-state index contributed by atoms with van der Waals surface area (Å²) in [6.45, 7) is 5.61. The van der Waals surface area contributed by atoms with Crippen molar-refractivity contribution < 1.29 is 9.47 Å². The molecule has 1 aromatic rings. The van der Waals surface area contributed by atoms with E-state index < -0.39 is 0 Å². The Morgan fingerprint density at radius 1 is 1.32 bits per heavy atom. The lowest BCUT2D eigenvalue weighted by atomic mass is 10.2. The van der Waals surface area contributed by atoms with Crippen molar-refractivity contribution in [3.63, 3.8) is 0 Å². The van der Waals surface area contributed by atoms with Gasteiger partial charge >= 0.3 is 0 Å². The third-order valence-corrected chi connectivity index (χ3v) is 3.91. The lowest BCUT2D eigenvalue weighted by Crippen LogP contribution is -2.30. The molecule has 1 saturated heterocycles. The van der Waals surface area contributed by atoms with Crippen molar-refractivity contribution >= 4 is 21.6 Å². The molecule has 0 aromatic heterocycles. The number of benzene rings is 1. The molecule has 1 atom stereocenters. The molecule has 2 rings (SSSR count). The van der Waals surface area contributed by atoms with Crippen LogP contribution in [-0.2, 0) is 9.47 Å². The Hall–Kier alpha value is -0.580. The maximum atomic E-state index is 5.79. The van der Waals surface area contributed by atoms with Gasteiger partial charge in [0.15, 0.2) is 6.29 Å². The molecule has 19 heavy (non-hydrogen) atoms. The third-order valence-electron chi connectivity index (χ3n) is 3.38. The second kappa shape index (κ2) is 7.88. The molecule has 0 aliphatic carbocycles. The Bertz CT molecular complexity index is 363. The molecule has 1 aliphatic rings. The molecular weight excluding hydrogens is 306 g/mol. The summed E-state index contributed by atoms with van der Waals surface area (Å²) in [5.74, 6) is 0. The highest BCUT2D eigenvalue weighted by atomic mass is 79.9. The molecule has 0 spiro atoms. The van der Waals surface area contributed by atoms with E-state index in [4.69, 9.17) is 9.47 Å². The Balaban J connectivity index is 1.77. The number of hydrogen-bond acceptors (Lipinski definition) is 3. The molecule has 0 amide bonds. The Labute approximate surface area is 124 Å². The molecule has 1 heterocycles. The fraction of sp³-hybridized carbons (Fsp3) is 0.600. The van der Waals surface area contributed by atoms with Crippen LogP contribution in [0.3, 0.4) is 0 Å². The van der Waals surface area contributed by atoms with Crippen molar-refractivity contribution in [2.75, 3.05) is 31.2 Å². The molecule has 106 valence electrons. The summed E-state index contributed by atoms with van der Waals surface area (Å²) < 4.78 is 12.5. The molecule has 0 bridgehead atoms. The highest BCUT2D eigenvalue weighted by molar-refractivity contribution is 9.10. The van der Waals surface area contributed by atoms with E-state index in [2.05, 4.69) is 52.0 Å². The van der Waals surface area contributed by atoms with E-state index in [9.17, 15) is 0 Å². The summed E-state index contributed by atoms with van der Waals surface area (Å²) in [7, 11) is 0. The average molecular weight is 328 g/mol. The van der Waals surface area contributed by atoms with Crippen molar-refractivity contribution in [2.45, 2.75) is 32.5 Å². The quantitative estimate of drug-likeness (QED) is 0.792. The summed E-state index contributed by atoms with van der Waals surface area (Å²) in [5, 5.41) is 0. The van der Waals surface area contributed by atoms with E-state index >= 15 is 0 Å². The summed E-state index contributed by atoms with van der Waals surface area (Å²) >= 11 is 3.46. The molecule has 1 aromatic carbocycles. The van der Waals surface area contributed by atoms with Gasteiger partial charge in [-0.15, -0.1) is 0 Å². The first kappa shape index (κ1) is 14.8. The number of rotatable bonds is 6. The maximum Gasteiger partial charge on any atom is 0.157 e. The highest BCUT2D eigenvalue weighted by Crippen LogP contribution is 2.18. The van der Waals surface area contributed by atoms with E-state index in [1.807, 2.05) is 0 Å². The molecule has 1 fully saturated rings. The van der Waals surface area contributed by atoms with Crippen molar-refractivity contribution in [2.24, 2.45) is 0 Å². The zero-order valence-corrected chi connectivity index (χ0v) is 13.1. The predicted octanol–water partition coefficient (Wildman–Crippen LogP) is 3.82. The van der Waals surface area contributed by atoms with E-state index in [-0.39, 0.29) is 6.29 Å². The van der Waals surface area contributed by atoms with Gasteiger partial charge in [-0.2, -0.15) is 0 Å². The lowest BCUT2D eigenvalue weighted by molar-refractivity contribution is -0.160. The molecule has 1 aliphatic heterocycles. The first-order valence-electron chi connectivity index (χ1n) is 7.03. The van der Waals surface area contributed by atoms with Crippen molar-refractivity contribution in [3.05, 3.63) is 28.7 Å². The minimum Gasteiger partial charge on any atom is -0.369 e. The van der Waals surface area contributed by atoms with Crippen LogP contribution >= 0.6 is 15.9 Å². The van der Waals surface area contributed by atoms with Gasteiger partial charge in [0, 0.05) is 29.9 Å². The number of likely N-dealkylation sites (N-methyl/N-ethyl adjacent to an activating group) is 1. The number of anilines is 1. The van der Waals surface area contributed by atoms with Gasteiger partial charge in [-0.3, -0.25) is 0 Å². The molecule has 0 radical (unpaired) electrons. The molecule has 0 saturated carbocycles. The fourth-order valence-electron chi connectivity index (χ4n) is 2.26. The van der Waals surface area contributed by atoms with Gasteiger partial charge < -0.3 is 14.4 Å². The van der Waals surface area contributed by atoms with Crippen molar-refractivity contribution in [3.8, 4) is 0 Å². The van der Waals surface area contributed by atoms with E-state index in [1.165, 1.54) is 18.5 Å². The Morgan fingerprint density at radius 2 is 2.11 bits per heavy atom. The standard InChI is InChI=1S/C15H22BrNO2/c1-2-17(14-8-6-13(16)7-9-14)10-12-19-15-5-3-4-11-18-15/h6-9,15H,2-5,10-12H2,1H3. The molecule has 1 unspecified atom stereocenters. The molecule has 4 heteroatoms. The number of hydrogen-bond donors (Lipinski definition) is 0. The highest BCUT2D eigenvalue weighted by Gasteiger charge is 2.14. The largest absolute Gasteiger partial charge is 0.369 e. The van der Waals surface area contributed by atoms with Crippen LogP contribution < -0.4 is 4.90 Å². The van der Waals surface area contributed by atoms with E-state index in [0.29, 0.717) is 6.61 Å². The third kappa shape index (κ3) is 4.79. The zero-order valence-electron chi connectivity index (χ0n) is 11.5. The monoisotopic (exact) mass is 327 g/mol. The van der Waals surface area contributed by atoms with Gasteiger partial charge in [-0.1, -0.05) is 15.9 Å². The topological polar surface area (TPSA) is 21.7 Å².